The normalized spacial score (nSPS) is 23.3. The Morgan fingerprint density at radius 1 is 1.30 bits per heavy atom. The van der Waals surface area contributed by atoms with Gasteiger partial charge >= 0.3 is 0 Å². The molecular formula is C15H14Cl2N4O2. The van der Waals surface area contributed by atoms with Crippen molar-refractivity contribution >= 4 is 29.1 Å². The molecule has 1 aromatic heterocycles. The predicted octanol–water partition coefficient (Wildman–Crippen LogP) is 2.57. The Balaban J connectivity index is 1.56. The maximum Gasteiger partial charge on any atom is 0.256 e. The summed E-state index contributed by atoms with van der Waals surface area (Å²) < 4.78 is 7.80. The molecule has 1 fully saturated rings. The molecular weight excluding hydrogens is 339 g/mol. The molecule has 2 aliphatic rings. The van der Waals surface area contributed by atoms with Crippen molar-refractivity contribution in [2.24, 2.45) is 0 Å². The molecule has 1 aromatic carbocycles. The minimum atomic E-state index is -0.160. The van der Waals surface area contributed by atoms with E-state index >= 15 is 0 Å². The Hall–Kier alpha value is -1.63. The Morgan fingerprint density at radius 2 is 2.09 bits per heavy atom. The lowest BCUT2D eigenvalue weighted by Gasteiger charge is -2.41. The van der Waals surface area contributed by atoms with Crippen LogP contribution in [0.1, 0.15) is 28.5 Å². The molecule has 2 aromatic rings. The van der Waals surface area contributed by atoms with E-state index in [4.69, 9.17) is 27.9 Å². The summed E-state index contributed by atoms with van der Waals surface area (Å²) in [6.07, 6.45) is 2.38. The summed E-state index contributed by atoms with van der Waals surface area (Å²) in [6, 6.07) is 5.19. The average Bonchev–Trinajstić information content (AvgIpc) is 3.03. The van der Waals surface area contributed by atoms with E-state index in [1.54, 1.807) is 29.3 Å². The average molecular weight is 353 g/mol. The molecule has 2 aliphatic heterocycles. The zero-order valence-electron chi connectivity index (χ0n) is 12.2. The Morgan fingerprint density at radius 3 is 2.87 bits per heavy atom. The van der Waals surface area contributed by atoms with Gasteiger partial charge in [0.05, 0.1) is 46.3 Å². The van der Waals surface area contributed by atoms with Crippen LogP contribution in [0, 0.1) is 0 Å². The van der Waals surface area contributed by atoms with Gasteiger partial charge in [0.1, 0.15) is 0 Å². The zero-order valence-corrected chi connectivity index (χ0v) is 13.7. The molecule has 0 bridgehead atoms. The molecule has 3 heterocycles. The van der Waals surface area contributed by atoms with E-state index in [0.29, 0.717) is 35.3 Å². The summed E-state index contributed by atoms with van der Waals surface area (Å²) in [6.45, 7) is 1.55. The van der Waals surface area contributed by atoms with Crippen molar-refractivity contribution in [3.05, 3.63) is 45.7 Å². The molecule has 23 heavy (non-hydrogen) atoms. The van der Waals surface area contributed by atoms with Crippen molar-refractivity contribution in [1.82, 2.24) is 19.9 Å². The first-order valence-corrected chi connectivity index (χ1v) is 8.14. The van der Waals surface area contributed by atoms with E-state index in [1.165, 1.54) is 0 Å². The molecule has 6 nitrogen and oxygen atoms in total. The smallest absolute Gasteiger partial charge is 0.256 e. The summed E-state index contributed by atoms with van der Waals surface area (Å²) in [4.78, 5) is 14.5. The van der Waals surface area contributed by atoms with Crippen molar-refractivity contribution < 1.29 is 9.53 Å². The second kappa shape index (κ2) is 5.78. The van der Waals surface area contributed by atoms with Crippen LogP contribution in [0.4, 0.5) is 0 Å². The Bertz CT molecular complexity index is 743. The molecule has 8 heteroatoms. The minimum Gasteiger partial charge on any atom is -0.368 e. The van der Waals surface area contributed by atoms with E-state index in [1.807, 2.05) is 4.68 Å². The van der Waals surface area contributed by atoms with E-state index in [2.05, 4.69) is 10.3 Å². The monoisotopic (exact) mass is 352 g/mol. The number of halogens is 2. The topological polar surface area (TPSA) is 60.3 Å². The van der Waals surface area contributed by atoms with E-state index in [9.17, 15) is 4.79 Å². The van der Waals surface area contributed by atoms with Crippen LogP contribution in [-0.4, -0.2) is 45.0 Å². The number of nitrogens with zero attached hydrogens (tertiary/aromatic N) is 4. The molecule has 0 aliphatic carbocycles. The van der Waals surface area contributed by atoms with Gasteiger partial charge in [-0.3, -0.25) is 4.79 Å². The van der Waals surface area contributed by atoms with Gasteiger partial charge in [0.2, 0.25) is 0 Å². The number of hydrogen-bond acceptors (Lipinski definition) is 4. The van der Waals surface area contributed by atoms with Gasteiger partial charge < -0.3 is 9.64 Å². The first-order chi connectivity index (χ1) is 11.1. The summed E-state index contributed by atoms with van der Waals surface area (Å²) >= 11 is 12.3. The van der Waals surface area contributed by atoms with Gasteiger partial charge in [0.25, 0.3) is 5.91 Å². The molecule has 120 valence electrons. The minimum absolute atomic E-state index is 0.0943. The van der Waals surface area contributed by atoms with Crippen molar-refractivity contribution in [1.29, 1.82) is 0 Å². The lowest BCUT2D eigenvalue weighted by molar-refractivity contribution is -0.0627. The number of piperidine rings is 1. The van der Waals surface area contributed by atoms with Gasteiger partial charge in [0, 0.05) is 13.1 Å². The number of rotatable bonds is 1. The fourth-order valence-electron chi connectivity index (χ4n) is 3.23. The molecule has 0 spiro atoms. The lowest BCUT2D eigenvalue weighted by Crippen LogP contribution is -2.50. The van der Waals surface area contributed by atoms with Gasteiger partial charge in [-0.05, 0) is 18.6 Å². The SMILES string of the molecule is O=C(c1c(Cl)cccc1Cl)N1CCC2C(C1)OCc1cnnn12. The maximum absolute atomic E-state index is 12.8. The van der Waals surface area contributed by atoms with Crippen molar-refractivity contribution in [3.63, 3.8) is 0 Å². The van der Waals surface area contributed by atoms with Crippen LogP contribution >= 0.6 is 23.2 Å². The summed E-state index contributed by atoms with van der Waals surface area (Å²) in [7, 11) is 0. The number of amides is 1. The molecule has 2 atom stereocenters. The van der Waals surface area contributed by atoms with E-state index in [-0.39, 0.29) is 18.1 Å². The second-order valence-corrected chi connectivity index (χ2v) is 6.54. The highest BCUT2D eigenvalue weighted by Crippen LogP contribution is 2.32. The van der Waals surface area contributed by atoms with Crippen LogP contribution in [0.15, 0.2) is 24.4 Å². The summed E-state index contributed by atoms with van der Waals surface area (Å²) in [5, 5.41) is 8.81. The van der Waals surface area contributed by atoms with E-state index in [0.717, 1.165) is 12.1 Å². The molecule has 1 amide bonds. The quantitative estimate of drug-likeness (QED) is 0.791. The number of hydrogen-bond donors (Lipinski definition) is 0. The molecule has 2 unspecified atom stereocenters. The van der Waals surface area contributed by atoms with Crippen LogP contribution in [0.2, 0.25) is 10.0 Å². The van der Waals surface area contributed by atoms with Crippen LogP contribution in [0.5, 0.6) is 0 Å². The van der Waals surface area contributed by atoms with Crippen LogP contribution < -0.4 is 0 Å². The van der Waals surface area contributed by atoms with Crippen molar-refractivity contribution in [2.45, 2.75) is 25.2 Å². The van der Waals surface area contributed by atoms with Gasteiger partial charge in [0.15, 0.2) is 0 Å². The third kappa shape index (κ3) is 2.51. The fourth-order valence-corrected chi connectivity index (χ4v) is 3.79. The van der Waals surface area contributed by atoms with Gasteiger partial charge in [-0.25, -0.2) is 4.68 Å². The molecule has 0 saturated carbocycles. The van der Waals surface area contributed by atoms with Gasteiger partial charge in [-0.15, -0.1) is 5.10 Å². The van der Waals surface area contributed by atoms with Crippen LogP contribution in [0.3, 0.4) is 0 Å². The number of benzene rings is 1. The molecule has 0 N–H and O–H groups in total. The summed E-state index contributed by atoms with van der Waals surface area (Å²) in [5.41, 5.74) is 1.33. The first-order valence-electron chi connectivity index (χ1n) is 7.39. The third-order valence-corrected chi connectivity index (χ3v) is 5.03. The second-order valence-electron chi connectivity index (χ2n) is 5.72. The maximum atomic E-state index is 12.8. The highest BCUT2D eigenvalue weighted by atomic mass is 35.5. The lowest BCUT2D eigenvalue weighted by atomic mass is 9.99. The van der Waals surface area contributed by atoms with Crippen LogP contribution in [0.25, 0.3) is 0 Å². The van der Waals surface area contributed by atoms with Gasteiger partial charge in [-0.1, -0.05) is 34.5 Å². The first kappa shape index (κ1) is 14.9. The Labute approximate surface area is 142 Å². The fraction of sp³-hybridized carbons (Fsp3) is 0.400. The zero-order chi connectivity index (χ0) is 16.0. The predicted molar refractivity (Wildman–Crippen MR) is 84.6 cm³/mol. The third-order valence-electron chi connectivity index (χ3n) is 4.40. The standard InChI is InChI=1S/C15H14Cl2N4O2/c16-10-2-1-3-11(17)14(10)15(22)20-5-4-12-13(7-20)23-8-9-6-18-19-21(9)12/h1-3,6,12-13H,4-5,7-8H2. The van der Waals surface area contributed by atoms with E-state index < -0.39 is 0 Å². The number of ether oxygens (including phenoxy) is 1. The summed E-state index contributed by atoms with van der Waals surface area (Å²) in [5.74, 6) is -0.160. The van der Waals surface area contributed by atoms with Crippen LogP contribution in [-0.2, 0) is 11.3 Å². The number of likely N-dealkylation sites (tertiary alicyclic amines) is 1. The highest BCUT2D eigenvalue weighted by Gasteiger charge is 2.38. The molecule has 0 radical (unpaired) electrons. The van der Waals surface area contributed by atoms with Crippen molar-refractivity contribution in [3.8, 4) is 0 Å². The number of carbonyl (C=O) groups is 1. The molecule has 1 saturated heterocycles. The molecule has 4 rings (SSSR count). The highest BCUT2D eigenvalue weighted by molar-refractivity contribution is 6.39. The number of carbonyl (C=O) groups excluding carboxylic acids is 1. The number of fused-ring (bicyclic) bond motifs is 3. The van der Waals surface area contributed by atoms with Crippen molar-refractivity contribution in [2.75, 3.05) is 13.1 Å². The largest absolute Gasteiger partial charge is 0.368 e. The number of aromatic nitrogens is 3. The van der Waals surface area contributed by atoms with Gasteiger partial charge in [-0.2, -0.15) is 0 Å². The Kier molecular flexibility index (Phi) is 3.75.